The number of piperidine rings is 1. The number of methoxy groups -OCH3 is 1. The Balaban J connectivity index is 2.31. The average Bonchev–Trinajstić information content (AvgIpc) is 2.45. The first-order valence-corrected chi connectivity index (χ1v) is 7.33. The molecule has 1 atom stereocenters. The van der Waals surface area contributed by atoms with E-state index in [1.165, 1.54) is 12.8 Å². The van der Waals surface area contributed by atoms with Gasteiger partial charge in [-0.2, -0.15) is 0 Å². The molecule has 19 heavy (non-hydrogen) atoms. The van der Waals surface area contributed by atoms with Gasteiger partial charge in [0, 0.05) is 5.56 Å². The van der Waals surface area contributed by atoms with Gasteiger partial charge < -0.3 is 15.2 Å². The molecule has 0 radical (unpaired) electrons. The molecule has 1 aromatic rings. The van der Waals surface area contributed by atoms with Gasteiger partial charge in [-0.3, -0.25) is 0 Å². The quantitative estimate of drug-likeness (QED) is 0.892. The zero-order valence-corrected chi connectivity index (χ0v) is 12.4. The molecule has 1 aliphatic heterocycles. The van der Waals surface area contributed by atoms with Crippen LogP contribution < -0.4 is 10.1 Å². The van der Waals surface area contributed by atoms with Crippen LogP contribution in [0.2, 0.25) is 5.02 Å². The van der Waals surface area contributed by atoms with E-state index in [0.717, 1.165) is 37.1 Å². The number of nitrogens with one attached hydrogen (secondary N) is 1. The molecule has 0 aliphatic carbocycles. The normalized spacial score (nSPS) is 19.4. The maximum absolute atomic E-state index is 10.3. The zero-order valence-electron chi connectivity index (χ0n) is 11.6. The molecule has 1 aliphatic rings. The fourth-order valence-electron chi connectivity index (χ4n) is 2.72. The maximum atomic E-state index is 10.3. The third kappa shape index (κ3) is 3.15. The van der Waals surface area contributed by atoms with Gasteiger partial charge in [0.1, 0.15) is 0 Å². The lowest BCUT2D eigenvalue weighted by molar-refractivity contribution is 0.353. The summed E-state index contributed by atoms with van der Waals surface area (Å²) >= 11 is 6.43. The average molecular weight is 284 g/mol. The number of aryl methyl sites for hydroxylation is 1. The van der Waals surface area contributed by atoms with Gasteiger partial charge in [-0.1, -0.05) is 18.5 Å². The predicted molar refractivity (Wildman–Crippen MR) is 78.3 cm³/mol. The van der Waals surface area contributed by atoms with Gasteiger partial charge in [-0.15, -0.1) is 0 Å². The van der Waals surface area contributed by atoms with E-state index in [-0.39, 0.29) is 5.75 Å². The Morgan fingerprint density at radius 2 is 2.32 bits per heavy atom. The van der Waals surface area contributed by atoms with Crippen molar-refractivity contribution in [2.75, 3.05) is 20.2 Å². The monoisotopic (exact) mass is 283 g/mol. The molecular formula is C15H22ClNO2. The van der Waals surface area contributed by atoms with Crippen molar-refractivity contribution in [1.29, 1.82) is 0 Å². The van der Waals surface area contributed by atoms with Crippen LogP contribution in [0.25, 0.3) is 0 Å². The molecule has 3 nitrogen and oxygen atoms in total. The van der Waals surface area contributed by atoms with Gasteiger partial charge in [0.25, 0.3) is 0 Å². The molecule has 0 amide bonds. The van der Waals surface area contributed by atoms with Crippen LogP contribution in [0, 0.1) is 5.92 Å². The molecule has 1 aromatic carbocycles. The Morgan fingerprint density at radius 3 is 2.89 bits per heavy atom. The van der Waals surface area contributed by atoms with Crippen molar-refractivity contribution in [1.82, 2.24) is 5.32 Å². The summed E-state index contributed by atoms with van der Waals surface area (Å²) in [4.78, 5) is 0. The summed E-state index contributed by atoms with van der Waals surface area (Å²) in [6.45, 7) is 4.15. The molecule has 0 bridgehead atoms. The topological polar surface area (TPSA) is 41.5 Å². The molecule has 0 spiro atoms. The van der Waals surface area contributed by atoms with Crippen molar-refractivity contribution in [3.05, 3.63) is 22.2 Å². The first-order valence-electron chi connectivity index (χ1n) is 6.95. The number of halogens is 1. The smallest absolute Gasteiger partial charge is 0.162 e. The summed E-state index contributed by atoms with van der Waals surface area (Å²) in [6.07, 6.45) is 4.02. The number of benzene rings is 1. The van der Waals surface area contributed by atoms with Crippen LogP contribution in [0.4, 0.5) is 0 Å². The van der Waals surface area contributed by atoms with Gasteiger partial charge in [-0.25, -0.2) is 0 Å². The summed E-state index contributed by atoms with van der Waals surface area (Å²) in [6, 6.07) is 1.83. The van der Waals surface area contributed by atoms with Crippen molar-refractivity contribution in [3.8, 4) is 11.5 Å². The van der Waals surface area contributed by atoms with E-state index in [1.54, 1.807) is 7.11 Å². The molecular weight excluding hydrogens is 262 g/mol. The summed E-state index contributed by atoms with van der Waals surface area (Å²) < 4.78 is 5.25. The van der Waals surface area contributed by atoms with Gasteiger partial charge in [-0.05, 0) is 56.3 Å². The highest BCUT2D eigenvalue weighted by Gasteiger charge is 2.21. The predicted octanol–water partition coefficient (Wildman–Crippen LogP) is 3.16. The van der Waals surface area contributed by atoms with E-state index in [9.17, 15) is 5.11 Å². The van der Waals surface area contributed by atoms with Gasteiger partial charge in [0.15, 0.2) is 11.5 Å². The fraction of sp³-hybridized carbons (Fsp3) is 0.600. The van der Waals surface area contributed by atoms with E-state index >= 15 is 0 Å². The Bertz CT molecular complexity index is 414. The first kappa shape index (κ1) is 14.5. The van der Waals surface area contributed by atoms with Crippen molar-refractivity contribution < 1.29 is 9.84 Å². The maximum Gasteiger partial charge on any atom is 0.162 e. The molecule has 1 fully saturated rings. The van der Waals surface area contributed by atoms with Crippen molar-refractivity contribution in [2.24, 2.45) is 5.92 Å². The molecule has 0 saturated carbocycles. The zero-order chi connectivity index (χ0) is 13.8. The largest absolute Gasteiger partial charge is 0.504 e. The van der Waals surface area contributed by atoms with E-state index in [1.807, 2.05) is 6.07 Å². The molecule has 4 heteroatoms. The highest BCUT2D eigenvalue weighted by molar-refractivity contribution is 6.32. The number of hydrogen-bond donors (Lipinski definition) is 2. The second-order valence-corrected chi connectivity index (χ2v) is 5.53. The minimum absolute atomic E-state index is 0.204. The summed E-state index contributed by atoms with van der Waals surface area (Å²) in [5.41, 5.74) is 1.88. The van der Waals surface area contributed by atoms with E-state index < -0.39 is 0 Å². The van der Waals surface area contributed by atoms with Crippen LogP contribution >= 0.6 is 11.6 Å². The fourth-order valence-corrected chi connectivity index (χ4v) is 3.08. The van der Waals surface area contributed by atoms with Crippen molar-refractivity contribution >= 4 is 11.6 Å². The SMILES string of the molecule is CCc1cc(OC)c(O)c(CC2CCCNC2)c1Cl. The molecule has 106 valence electrons. The summed E-state index contributed by atoms with van der Waals surface area (Å²) in [7, 11) is 1.58. The highest BCUT2D eigenvalue weighted by atomic mass is 35.5. The van der Waals surface area contributed by atoms with Crippen LogP contribution in [0.3, 0.4) is 0 Å². The minimum atomic E-state index is 0.204. The Kier molecular flexibility index (Phi) is 4.94. The van der Waals surface area contributed by atoms with Crippen molar-refractivity contribution in [2.45, 2.75) is 32.6 Å². The summed E-state index contributed by atoms with van der Waals surface area (Å²) in [5, 5.41) is 14.4. The van der Waals surface area contributed by atoms with Gasteiger partial charge >= 0.3 is 0 Å². The molecule has 1 heterocycles. The molecule has 2 rings (SSSR count). The van der Waals surface area contributed by atoms with Gasteiger partial charge in [0.2, 0.25) is 0 Å². The molecule has 2 N–H and O–H groups in total. The third-order valence-electron chi connectivity index (χ3n) is 3.86. The van der Waals surface area contributed by atoms with E-state index in [0.29, 0.717) is 16.7 Å². The van der Waals surface area contributed by atoms with Crippen LogP contribution in [-0.2, 0) is 12.8 Å². The van der Waals surface area contributed by atoms with Crippen LogP contribution in [-0.4, -0.2) is 25.3 Å². The number of phenols is 1. The van der Waals surface area contributed by atoms with Gasteiger partial charge in [0.05, 0.1) is 12.1 Å². The first-order chi connectivity index (χ1) is 9.17. The highest BCUT2D eigenvalue weighted by Crippen LogP contribution is 2.39. The number of ether oxygens (including phenoxy) is 1. The molecule has 0 aromatic heterocycles. The van der Waals surface area contributed by atoms with Crippen LogP contribution in [0.5, 0.6) is 11.5 Å². The van der Waals surface area contributed by atoms with Crippen LogP contribution in [0.1, 0.15) is 30.9 Å². The lowest BCUT2D eigenvalue weighted by Crippen LogP contribution is -2.31. The number of hydrogen-bond acceptors (Lipinski definition) is 3. The van der Waals surface area contributed by atoms with E-state index in [2.05, 4.69) is 12.2 Å². The van der Waals surface area contributed by atoms with Crippen LogP contribution in [0.15, 0.2) is 6.07 Å². The van der Waals surface area contributed by atoms with E-state index in [4.69, 9.17) is 16.3 Å². The second-order valence-electron chi connectivity index (χ2n) is 5.15. The lowest BCUT2D eigenvalue weighted by atomic mass is 9.90. The third-order valence-corrected chi connectivity index (χ3v) is 4.33. The number of phenolic OH excluding ortho intramolecular Hbond substituents is 1. The molecule has 1 saturated heterocycles. The number of rotatable bonds is 4. The Morgan fingerprint density at radius 1 is 1.53 bits per heavy atom. The lowest BCUT2D eigenvalue weighted by Gasteiger charge is -2.24. The minimum Gasteiger partial charge on any atom is -0.504 e. The Hall–Kier alpha value is -0.930. The summed E-state index contributed by atoms with van der Waals surface area (Å²) in [5.74, 6) is 1.27. The number of aromatic hydroxyl groups is 1. The standard InChI is InChI=1S/C15H22ClNO2/c1-3-11-8-13(19-2)15(18)12(14(11)16)7-10-5-4-6-17-9-10/h8,10,17-18H,3-7,9H2,1-2H3. The van der Waals surface area contributed by atoms with Crippen molar-refractivity contribution in [3.63, 3.8) is 0 Å². The second kappa shape index (κ2) is 6.49. The Labute approximate surface area is 119 Å². The molecule has 1 unspecified atom stereocenters.